The van der Waals surface area contributed by atoms with Crippen molar-refractivity contribution in [2.75, 3.05) is 13.2 Å². The Bertz CT molecular complexity index is 267. The monoisotopic (exact) mass is 213 g/mol. The molecule has 15 heavy (non-hydrogen) atoms. The third-order valence-corrected chi connectivity index (χ3v) is 2.32. The molecule has 0 radical (unpaired) electrons. The van der Waals surface area contributed by atoms with Crippen molar-refractivity contribution in [3.63, 3.8) is 0 Å². The first-order valence-corrected chi connectivity index (χ1v) is 5.29. The molecular weight excluding hydrogens is 194 g/mol. The molecular formula is C11H19NO3. The van der Waals surface area contributed by atoms with Gasteiger partial charge in [-0.25, -0.2) is 0 Å². The van der Waals surface area contributed by atoms with E-state index >= 15 is 0 Å². The summed E-state index contributed by atoms with van der Waals surface area (Å²) >= 11 is 0. The molecule has 86 valence electrons. The van der Waals surface area contributed by atoms with E-state index in [1.165, 1.54) is 4.90 Å². The maximum atomic E-state index is 11.5. The molecule has 1 saturated heterocycles. The minimum Gasteiger partial charge on any atom is -0.374 e. The molecule has 1 heterocycles. The average molecular weight is 213 g/mol. The highest BCUT2D eigenvalue weighted by Gasteiger charge is 2.35. The third-order valence-electron chi connectivity index (χ3n) is 2.32. The van der Waals surface area contributed by atoms with Gasteiger partial charge >= 0.3 is 0 Å². The Kier molecular flexibility index (Phi) is 3.50. The molecule has 0 bridgehead atoms. The minimum atomic E-state index is -0.225. The number of imide groups is 1. The van der Waals surface area contributed by atoms with Crippen molar-refractivity contribution in [2.45, 2.75) is 39.7 Å². The minimum absolute atomic E-state index is 0.0718. The first kappa shape index (κ1) is 12.2. The van der Waals surface area contributed by atoms with Crippen LogP contribution in [0.3, 0.4) is 0 Å². The quantitative estimate of drug-likeness (QED) is 0.662. The number of hydrogen-bond acceptors (Lipinski definition) is 3. The fourth-order valence-corrected chi connectivity index (χ4v) is 1.53. The van der Waals surface area contributed by atoms with Crippen LogP contribution in [0.5, 0.6) is 0 Å². The number of ether oxygens (including phenoxy) is 1. The molecule has 0 unspecified atom stereocenters. The second kappa shape index (κ2) is 4.31. The Morgan fingerprint density at radius 1 is 1.40 bits per heavy atom. The highest BCUT2D eigenvalue weighted by molar-refractivity contribution is 6.03. The molecule has 4 heteroatoms. The molecule has 0 aromatic carbocycles. The molecule has 0 aromatic heterocycles. The van der Waals surface area contributed by atoms with Crippen LogP contribution in [0.4, 0.5) is 0 Å². The Morgan fingerprint density at radius 3 is 2.40 bits per heavy atom. The van der Waals surface area contributed by atoms with Gasteiger partial charge in [-0.3, -0.25) is 14.5 Å². The summed E-state index contributed by atoms with van der Waals surface area (Å²) in [6.45, 7) is 8.41. The molecule has 0 aromatic rings. The van der Waals surface area contributed by atoms with Crippen LogP contribution >= 0.6 is 0 Å². The van der Waals surface area contributed by atoms with Crippen LogP contribution in [-0.2, 0) is 14.3 Å². The van der Waals surface area contributed by atoms with E-state index in [2.05, 4.69) is 0 Å². The number of carbonyl (C=O) groups is 2. The zero-order valence-corrected chi connectivity index (χ0v) is 9.87. The lowest BCUT2D eigenvalue weighted by Gasteiger charge is -2.21. The Hall–Kier alpha value is -0.900. The Balaban J connectivity index is 2.39. The van der Waals surface area contributed by atoms with Gasteiger partial charge in [0.15, 0.2) is 0 Å². The highest BCUT2D eigenvalue weighted by atomic mass is 16.5. The van der Waals surface area contributed by atoms with Crippen molar-refractivity contribution in [3.8, 4) is 0 Å². The number of likely N-dealkylation sites (tertiary alicyclic amines) is 1. The van der Waals surface area contributed by atoms with Crippen LogP contribution in [0.25, 0.3) is 0 Å². The summed E-state index contributed by atoms with van der Waals surface area (Å²) in [5, 5.41) is 0. The first-order chi connectivity index (χ1) is 6.81. The van der Waals surface area contributed by atoms with Gasteiger partial charge in [0.25, 0.3) is 0 Å². The predicted molar refractivity (Wildman–Crippen MR) is 56.2 cm³/mol. The van der Waals surface area contributed by atoms with Crippen LogP contribution in [0.1, 0.15) is 34.1 Å². The van der Waals surface area contributed by atoms with E-state index in [-0.39, 0.29) is 23.3 Å². The summed E-state index contributed by atoms with van der Waals surface area (Å²) in [5.41, 5.74) is -0.225. The van der Waals surface area contributed by atoms with E-state index < -0.39 is 0 Å². The van der Waals surface area contributed by atoms with Crippen molar-refractivity contribution in [1.29, 1.82) is 0 Å². The van der Waals surface area contributed by atoms with Crippen LogP contribution in [0, 0.1) is 5.92 Å². The molecule has 0 aliphatic carbocycles. The lowest BCUT2D eigenvalue weighted by Crippen LogP contribution is -2.35. The van der Waals surface area contributed by atoms with Gasteiger partial charge in [0.2, 0.25) is 11.8 Å². The summed E-state index contributed by atoms with van der Waals surface area (Å²) in [5.74, 6) is -0.311. The summed E-state index contributed by atoms with van der Waals surface area (Å²) in [6, 6.07) is 0. The normalized spacial score (nSPS) is 22.7. The average Bonchev–Trinajstić information content (AvgIpc) is 2.29. The molecule has 1 aliphatic heterocycles. The summed E-state index contributed by atoms with van der Waals surface area (Å²) in [4.78, 5) is 24.2. The Morgan fingerprint density at radius 2 is 2.00 bits per heavy atom. The smallest absolute Gasteiger partial charge is 0.232 e. The number of hydrogen-bond donors (Lipinski definition) is 0. The third kappa shape index (κ3) is 3.30. The zero-order chi connectivity index (χ0) is 11.6. The van der Waals surface area contributed by atoms with Gasteiger partial charge in [-0.1, -0.05) is 6.92 Å². The molecule has 1 atom stereocenters. The molecule has 0 saturated carbocycles. The maximum absolute atomic E-state index is 11.5. The van der Waals surface area contributed by atoms with E-state index in [0.717, 1.165) is 0 Å². The van der Waals surface area contributed by atoms with E-state index in [1.807, 2.05) is 20.8 Å². The lowest BCUT2D eigenvalue weighted by molar-refractivity contribution is -0.141. The van der Waals surface area contributed by atoms with Crippen molar-refractivity contribution in [2.24, 2.45) is 5.92 Å². The highest BCUT2D eigenvalue weighted by Crippen LogP contribution is 2.18. The molecule has 2 amide bonds. The van der Waals surface area contributed by atoms with E-state index in [1.54, 1.807) is 6.92 Å². The fourth-order valence-electron chi connectivity index (χ4n) is 1.53. The molecule has 1 fully saturated rings. The maximum Gasteiger partial charge on any atom is 0.232 e. The molecule has 1 aliphatic rings. The standard InChI is InChI=1S/C11H19NO3/c1-8-7-9(13)12(10(8)14)5-6-15-11(2,3)4/h8H,5-7H2,1-4H3/t8-/m0/s1. The molecule has 0 N–H and O–H groups in total. The number of amides is 2. The van der Waals surface area contributed by atoms with E-state index in [9.17, 15) is 9.59 Å². The molecule has 0 spiro atoms. The zero-order valence-electron chi connectivity index (χ0n) is 9.87. The summed E-state index contributed by atoms with van der Waals surface area (Å²) in [6.07, 6.45) is 0.342. The second-order valence-corrected chi connectivity index (χ2v) is 4.95. The van der Waals surface area contributed by atoms with Gasteiger partial charge < -0.3 is 4.74 Å². The molecule has 4 nitrogen and oxygen atoms in total. The van der Waals surface area contributed by atoms with Gasteiger partial charge in [0.05, 0.1) is 18.8 Å². The largest absolute Gasteiger partial charge is 0.374 e. The van der Waals surface area contributed by atoms with Gasteiger partial charge in [-0.15, -0.1) is 0 Å². The van der Waals surface area contributed by atoms with Crippen molar-refractivity contribution in [3.05, 3.63) is 0 Å². The van der Waals surface area contributed by atoms with Gasteiger partial charge in [0, 0.05) is 12.3 Å². The molecule has 1 rings (SSSR count). The van der Waals surface area contributed by atoms with Crippen molar-refractivity contribution in [1.82, 2.24) is 4.90 Å². The van der Waals surface area contributed by atoms with Gasteiger partial charge in [0.1, 0.15) is 0 Å². The Labute approximate surface area is 90.6 Å². The van der Waals surface area contributed by atoms with E-state index in [4.69, 9.17) is 4.74 Å². The van der Waals surface area contributed by atoms with Crippen LogP contribution < -0.4 is 0 Å². The second-order valence-electron chi connectivity index (χ2n) is 4.95. The van der Waals surface area contributed by atoms with Crippen LogP contribution in [0.2, 0.25) is 0 Å². The first-order valence-electron chi connectivity index (χ1n) is 5.29. The number of nitrogens with zero attached hydrogens (tertiary/aromatic N) is 1. The van der Waals surface area contributed by atoms with E-state index in [0.29, 0.717) is 19.6 Å². The SMILES string of the molecule is C[C@H]1CC(=O)N(CCOC(C)(C)C)C1=O. The predicted octanol–water partition coefficient (Wildman–Crippen LogP) is 1.20. The van der Waals surface area contributed by atoms with Crippen molar-refractivity contribution >= 4 is 11.8 Å². The number of carbonyl (C=O) groups excluding carboxylic acids is 2. The van der Waals surface area contributed by atoms with Crippen LogP contribution in [-0.4, -0.2) is 35.5 Å². The van der Waals surface area contributed by atoms with Crippen molar-refractivity contribution < 1.29 is 14.3 Å². The van der Waals surface area contributed by atoms with Crippen LogP contribution in [0.15, 0.2) is 0 Å². The summed E-state index contributed by atoms with van der Waals surface area (Å²) < 4.78 is 5.48. The van der Waals surface area contributed by atoms with Gasteiger partial charge in [-0.05, 0) is 20.8 Å². The lowest BCUT2D eigenvalue weighted by atomic mass is 10.1. The topological polar surface area (TPSA) is 46.6 Å². The fraction of sp³-hybridized carbons (Fsp3) is 0.818. The van der Waals surface area contributed by atoms with Gasteiger partial charge in [-0.2, -0.15) is 0 Å². The number of rotatable bonds is 3. The summed E-state index contributed by atoms with van der Waals surface area (Å²) in [7, 11) is 0.